The molecule has 0 aliphatic rings. The second-order valence-corrected chi connectivity index (χ2v) is 8.86. The van der Waals surface area contributed by atoms with Crippen LogP contribution in [0.1, 0.15) is 26.3 Å². The Labute approximate surface area is 172 Å². The van der Waals surface area contributed by atoms with Gasteiger partial charge in [0.15, 0.2) is 6.10 Å². The zero-order chi connectivity index (χ0) is 21.6. The Hall–Kier alpha value is -2.74. The molecule has 0 fully saturated rings. The van der Waals surface area contributed by atoms with Crippen LogP contribution in [0.3, 0.4) is 0 Å². The fourth-order valence-corrected chi connectivity index (χ4v) is 3.57. The molecule has 0 spiro atoms. The summed E-state index contributed by atoms with van der Waals surface area (Å²) in [5.41, 5.74) is 1.26. The first-order valence-electron chi connectivity index (χ1n) is 9.34. The molecule has 0 aliphatic heterocycles. The lowest BCUT2D eigenvalue weighted by Crippen LogP contribution is -2.38. The van der Waals surface area contributed by atoms with Crippen molar-refractivity contribution in [3.05, 3.63) is 48.0 Å². The van der Waals surface area contributed by atoms with Crippen LogP contribution in [0.4, 0.5) is 5.69 Å². The molecule has 158 valence electrons. The second-order valence-electron chi connectivity index (χ2n) is 7.18. The van der Waals surface area contributed by atoms with Gasteiger partial charge in [-0.25, -0.2) is 8.42 Å². The van der Waals surface area contributed by atoms with Gasteiger partial charge < -0.3 is 14.8 Å². The van der Waals surface area contributed by atoms with E-state index in [1.54, 1.807) is 19.1 Å². The van der Waals surface area contributed by atoms with Gasteiger partial charge in [-0.1, -0.05) is 19.9 Å². The summed E-state index contributed by atoms with van der Waals surface area (Å²) in [6.07, 6.45) is -0.689. The predicted molar refractivity (Wildman–Crippen MR) is 113 cm³/mol. The Balaban J connectivity index is 2.09. The van der Waals surface area contributed by atoms with E-state index in [2.05, 4.69) is 10.0 Å². The molecule has 0 aliphatic carbocycles. The number of aryl methyl sites for hydroxylation is 1. The first-order chi connectivity index (χ1) is 13.6. The maximum atomic E-state index is 12.7. The van der Waals surface area contributed by atoms with Crippen molar-refractivity contribution in [2.24, 2.45) is 5.92 Å². The number of amides is 1. The Bertz CT molecular complexity index is 940. The Morgan fingerprint density at radius 3 is 2.31 bits per heavy atom. The van der Waals surface area contributed by atoms with E-state index < -0.39 is 16.1 Å². The Kier molecular flexibility index (Phi) is 7.50. The monoisotopic (exact) mass is 420 g/mol. The van der Waals surface area contributed by atoms with Gasteiger partial charge in [0.2, 0.25) is 0 Å². The molecule has 0 saturated carbocycles. The molecule has 2 aromatic carbocycles. The number of nitrogens with one attached hydrogen (secondary N) is 2. The van der Waals surface area contributed by atoms with E-state index in [4.69, 9.17) is 9.47 Å². The van der Waals surface area contributed by atoms with Crippen LogP contribution in [0, 0.1) is 12.8 Å². The average molecular weight is 421 g/mol. The van der Waals surface area contributed by atoms with Crippen LogP contribution in [0.25, 0.3) is 0 Å². The number of benzene rings is 2. The SMILES string of the molecule is COc1ccc(C)cc1NS(=O)(=O)c1ccc(O[C@@H](C)C(=O)NCC(C)C)cc1. The molecule has 1 amide bonds. The molecule has 29 heavy (non-hydrogen) atoms. The molecule has 8 heteroatoms. The maximum Gasteiger partial charge on any atom is 0.262 e. The lowest BCUT2D eigenvalue weighted by molar-refractivity contribution is -0.127. The average Bonchev–Trinajstić information content (AvgIpc) is 2.66. The van der Waals surface area contributed by atoms with Gasteiger partial charge in [-0.2, -0.15) is 0 Å². The largest absolute Gasteiger partial charge is 0.495 e. The molecule has 0 aromatic heterocycles. The van der Waals surface area contributed by atoms with Crippen molar-refractivity contribution >= 4 is 21.6 Å². The Morgan fingerprint density at radius 2 is 1.72 bits per heavy atom. The molecule has 0 radical (unpaired) electrons. The van der Waals surface area contributed by atoms with Crippen molar-refractivity contribution < 1.29 is 22.7 Å². The first-order valence-corrected chi connectivity index (χ1v) is 10.8. The van der Waals surface area contributed by atoms with Gasteiger partial charge in [-0.15, -0.1) is 0 Å². The topological polar surface area (TPSA) is 93.7 Å². The minimum atomic E-state index is -3.81. The second kappa shape index (κ2) is 9.65. The van der Waals surface area contributed by atoms with Gasteiger partial charge in [0.05, 0.1) is 17.7 Å². The number of sulfonamides is 1. The molecular formula is C21H28N2O5S. The lowest BCUT2D eigenvalue weighted by Gasteiger charge is -2.16. The van der Waals surface area contributed by atoms with Crippen LogP contribution in [-0.4, -0.2) is 34.1 Å². The van der Waals surface area contributed by atoms with E-state index in [0.717, 1.165) is 5.56 Å². The van der Waals surface area contributed by atoms with Crippen LogP contribution in [0.5, 0.6) is 11.5 Å². The Morgan fingerprint density at radius 1 is 1.07 bits per heavy atom. The van der Waals surface area contributed by atoms with Crippen LogP contribution in [0.2, 0.25) is 0 Å². The van der Waals surface area contributed by atoms with Gasteiger partial charge >= 0.3 is 0 Å². The van der Waals surface area contributed by atoms with E-state index in [0.29, 0.717) is 29.6 Å². The highest BCUT2D eigenvalue weighted by atomic mass is 32.2. The summed E-state index contributed by atoms with van der Waals surface area (Å²) in [6.45, 7) is 8.09. The van der Waals surface area contributed by atoms with Gasteiger partial charge in [0.1, 0.15) is 11.5 Å². The normalized spacial score (nSPS) is 12.3. The van der Waals surface area contributed by atoms with Crippen LogP contribution < -0.4 is 19.5 Å². The van der Waals surface area contributed by atoms with Crippen molar-refractivity contribution in [1.29, 1.82) is 0 Å². The number of carbonyl (C=O) groups excluding carboxylic acids is 1. The van der Waals surface area contributed by atoms with Gasteiger partial charge in [-0.05, 0) is 61.7 Å². The molecule has 0 heterocycles. The first kappa shape index (κ1) is 22.5. The number of methoxy groups -OCH3 is 1. The van der Waals surface area contributed by atoms with Crippen molar-refractivity contribution in [2.75, 3.05) is 18.4 Å². The zero-order valence-corrected chi connectivity index (χ0v) is 18.2. The highest BCUT2D eigenvalue weighted by Gasteiger charge is 2.18. The molecule has 2 aromatic rings. The number of anilines is 1. The summed E-state index contributed by atoms with van der Waals surface area (Å²) in [7, 11) is -2.33. The minimum Gasteiger partial charge on any atom is -0.495 e. The smallest absolute Gasteiger partial charge is 0.262 e. The number of hydrogen-bond donors (Lipinski definition) is 2. The van der Waals surface area contributed by atoms with E-state index in [1.165, 1.54) is 31.4 Å². The zero-order valence-electron chi connectivity index (χ0n) is 17.4. The lowest BCUT2D eigenvalue weighted by atomic mass is 10.2. The van der Waals surface area contributed by atoms with E-state index >= 15 is 0 Å². The van der Waals surface area contributed by atoms with E-state index in [9.17, 15) is 13.2 Å². The molecular weight excluding hydrogens is 392 g/mol. The summed E-state index contributed by atoms with van der Waals surface area (Å²) >= 11 is 0. The fraction of sp³-hybridized carbons (Fsp3) is 0.381. The van der Waals surface area contributed by atoms with E-state index in [-0.39, 0.29) is 10.8 Å². The molecule has 2 rings (SSSR count). The summed E-state index contributed by atoms with van der Waals surface area (Å²) in [5, 5.41) is 2.80. The van der Waals surface area contributed by atoms with Crippen LogP contribution in [0.15, 0.2) is 47.4 Å². The summed E-state index contributed by atoms with van der Waals surface area (Å²) in [4.78, 5) is 12.1. The van der Waals surface area contributed by atoms with Crippen LogP contribution >= 0.6 is 0 Å². The van der Waals surface area contributed by atoms with E-state index in [1.807, 2.05) is 26.8 Å². The quantitative estimate of drug-likeness (QED) is 0.649. The number of ether oxygens (including phenoxy) is 2. The summed E-state index contributed by atoms with van der Waals surface area (Å²) in [5.74, 6) is 0.961. The third-order valence-electron chi connectivity index (χ3n) is 4.10. The summed E-state index contributed by atoms with van der Waals surface area (Å²) in [6, 6.07) is 11.1. The van der Waals surface area contributed by atoms with Crippen molar-refractivity contribution in [2.45, 2.75) is 38.7 Å². The molecule has 2 N–H and O–H groups in total. The highest BCUT2D eigenvalue weighted by Crippen LogP contribution is 2.28. The van der Waals surface area contributed by atoms with Crippen molar-refractivity contribution in [3.8, 4) is 11.5 Å². The molecule has 0 saturated heterocycles. The maximum absolute atomic E-state index is 12.7. The highest BCUT2D eigenvalue weighted by molar-refractivity contribution is 7.92. The molecule has 1 atom stereocenters. The molecule has 0 bridgehead atoms. The van der Waals surface area contributed by atoms with Gasteiger partial charge in [0.25, 0.3) is 15.9 Å². The van der Waals surface area contributed by atoms with Gasteiger partial charge in [0, 0.05) is 6.54 Å². The van der Waals surface area contributed by atoms with Gasteiger partial charge in [-0.3, -0.25) is 9.52 Å². The number of carbonyl (C=O) groups is 1. The van der Waals surface area contributed by atoms with Crippen LogP contribution in [-0.2, 0) is 14.8 Å². The number of rotatable bonds is 9. The van der Waals surface area contributed by atoms with Crippen molar-refractivity contribution in [1.82, 2.24) is 5.32 Å². The third-order valence-corrected chi connectivity index (χ3v) is 5.48. The molecule has 7 nitrogen and oxygen atoms in total. The standard InChI is InChI=1S/C21H28N2O5S/c1-14(2)13-22-21(24)16(4)28-17-7-9-18(10-8-17)29(25,26)23-19-12-15(3)6-11-20(19)27-5/h6-12,14,16,23H,13H2,1-5H3,(H,22,24)/t16-/m0/s1. The summed E-state index contributed by atoms with van der Waals surface area (Å²) < 4.78 is 38.8. The fourth-order valence-electron chi connectivity index (χ4n) is 2.51. The minimum absolute atomic E-state index is 0.0744. The third kappa shape index (κ3) is 6.39. The number of hydrogen-bond acceptors (Lipinski definition) is 5. The van der Waals surface area contributed by atoms with Crippen molar-refractivity contribution in [3.63, 3.8) is 0 Å². The molecule has 0 unspecified atom stereocenters. The predicted octanol–water partition coefficient (Wildman–Crippen LogP) is 3.34.